The summed E-state index contributed by atoms with van der Waals surface area (Å²) in [4.78, 5) is 35.4. The number of aromatic nitrogens is 3. The molecular formula is C26H19N3O7. The van der Waals surface area contributed by atoms with Crippen LogP contribution in [0.3, 0.4) is 0 Å². The summed E-state index contributed by atoms with van der Waals surface area (Å²) >= 11 is 0. The molecule has 36 heavy (non-hydrogen) atoms. The van der Waals surface area contributed by atoms with E-state index in [2.05, 4.69) is 4.98 Å². The first-order valence-electron chi connectivity index (χ1n) is 11.5. The highest BCUT2D eigenvalue weighted by molar-refractivity contribution is 6.00. The van der Waals surface area contributed by atoms with Crippen LogP contribution in [0.1, 0.15) is 30.0 Å². The summed E-state index contributed by atoms with van der Waals surface area (Å²) in [7, 11) is 0. The van der Waals surface area contributed by atoms with Crippen molar-refractivity contribution < 1.29 is 29.2 Å². The Kier molecular flexibility index (Phi) is 4.09. The van der Waals surface area contributed by atoms with Crippen molar-refractivity contribution in [1.29, 1.82) is 0 Å². The van der Waals surface area contributed by atoms with Crippen molar-refractivity contribution in [1.82, 2.24) is 14.5 Å². The van der Waals surface area contributed by atoms with Gasteiger partial charge in [0, 0.05) is 28.1 Å². The molecule has 0 unspecified atom stereocenters. The van der Waals surface area contributed by atoms with Gasteiger partial charge in [0.2, 0.25) is 6.79 Å². The Morgan fingerprint density at radius 2 is 1.89 bits per heavy atom. The van der Waals surface area contributed by atoms with E-state index in [9.17, 15) is 19.8 Å². The number of ether oxygens (including phenoxy) is 3. The van der Waals surface area contributed by atoms with E-state index >= 15 is 0 Å². The van der Waals surface area contributed by atoms with Gasteiger partial charge in [0.1, 0.15) is 12.4 Å². The van der Waals surface area contributed by atoms with E-state index in [1.807, 2.05) is 6.07 Å². The van der Waals surface area contributed by atoms with Gasteiger partial charge in [-0.1, -0.05) is 6.92 Å². The van der Waals surface area contributed by atoms with Crippen molar-refractivity contribution in [3.05, 3.63) is 63.6 Å². The third-order valence-electron chi connectivity index (χ3n) is 7.19. The van der Waals surface area contributed by atoms with Gasteiger partial charge in [-0.25, -0.2) is 9.78 Å². The molecule has 7 rings (SSSR count). The number of hydrogen-bond acceptors (Lipinski definition) is 9. The minimum absolute atomic E-state index is 0.0297. The zero-order valence-electron chi connectivity index (χ0n) is 19.1. The molecule has 10 nitrogen and oxygen atoms in total. The van der Waals surface area contributed by atoms with Crippen LogP contribution in [-0.2, 0) is 28.3 Å². The van der Waals surface area contributed by atoms with Crippen LogP contribution in [0.2, 0.25) is 0 Å². The Bertz CT molecular complexity index is 1690. The molecule has 0 spiro atoms. The molecule has 3 aliphatic rings. The summed E-state index contributed by atoms with van der Waals surface area (Å²) in [5, 5.41) is 21.7. The van der Waals surface area contributed by atoms with E-state index in [4.69, 9.17) is 19.2 Å². The number of aliphatic hydroxyl groups is 1. The van der Waals surface area contributed by atoms with Crippen molar-refractivity contribution in [3.8, 4) is 39.9 Å². The second-order valence-electron chi connectivity index (χ2n) is 9.04. The van der Waals surface area contributed by atoms with Crippen LogP contribution >= 0.6 is 0 Å². The van der Waals surface area contributed by atoms with Crippen LogP contribution in [0, 0.1) is 0 Å². The smallest absolute Gasteiger partial charge is 0.343 e. The lowest BCUT2D eigenvalue weighted by molar-refractivity contribution is -0.172. The molecule has 0 radical (unpaired) electrons. The summed E-state index contributed by atoms with van der Waals surface area (Å²) in [5.74, 6) is 0.398. The van der Waals surface area contributed by atoms with Crippen molar-refractivity contribution in [2.24, 2.45) is 0 Å². The number of rotatable bonds is 2. The molecular weight excluding hydrogens is 466 g/mol. The summed E-state index contributed by atoms with van der Waals surface area (Å²) in [5.41, 5.74) is 1.98. The Morgan fingerprint density at radius 1 is 1.08 bits per heavy atom. The van der Waals surface area contributed by atoms with Crippen LogP contribution in [0.15, 0.2) is 41.3 Å². The van der Waals surface area contributed by atoms with E-state index < -0.39 is 11.6 Å². The van der Waals surface area contributed by atoms with Crippen LogP contribution in [0.5, 0.6) is 17.2 Å². The lowest BCUT2D eigenvalue weighted by Gasteiger charge is -2.31. The average molecular weight is 485 g/mol. The lowest BCUT2D eigenvalue weighted by Crippen LogP contribution is -2.44. The van der Waals surface area contributed by atoms with Gasteiger partial charge in [-0.15, -0.1) is 0 Å². The van der Waals surface area contributed by atoms with E-state index in [1.165, 1.54) is 6.20 Å². The molecule has 0 bridgehead atoms. The zero-order chi connectivity index (χ0) is 24.8. The number of benzene rings is 1. The topological polar surface area (TPSA) is 133 Å². The quantitative estimate of drug-likeness (QED) is 0.362. The molecule has 0 fully saturated rings. The van der Waals surface area contributed by atoms with Crippen molar-refractivity contribution in [3.63, 3.8) is 0 Å². The molecule has 3 aliphatic heterocycles. The minimum Gasteiger partial charge on any atom is -0.506 e. The van der Waals surface area contributed by atoms with Gasteiger partial charge in [0.25, 0.3) is 5.56 Å². The van der Waals surface area contributed by atoms with Crippen molar-refractivity contribution >= 4 is 16.9 Å². The predicted molar refractivity (Wildman–Crippen MR) is 126 cm³/mol. The number of cyclic esters (lactones) is 1. The first-order chi connectivity index (χ1) is 17.4. The number of carbonyl (C=O) groups excluding carboxylic acids is 1. The molecule has 0 amide bonds. The minimum atomic E-state index is -1.91. The van der Waals surface area contributed by atoms with Crippen LogP contribution in [0.4, 0.5) is 0 Å². The van der Waals surface area contributed by atoms with Crippen molar-refractivity contribution in [2.45, 2.75) is 32.1 Å². The van der Waals surface area contributed by atoms with Crippen LogP contribution in [0.25, 0.3) is 33.5 Å². The standard InChI is InChI=1S/C26H19N3O7/c1-2-26(33)16-6-19-23-14(9-29(19)24(31)15(16)10-34-25(26)32)22(17-4-3-12(30)8-27-17)13-5-20-21(36-11-35-20)7-18(13)28-23/h3-8,30,33H,2,9-11H2,1H3/t26-/m0/s1. The molecule has 4 aromatic rings. The normalized spacial score (nSPS) is 19.1. The Hall–Kier alpha value is -4.44. The molecule has 6 heterocycles. The molecule has 0 saturated heterocycles. The highest BCUT2D eigenvalue weighted by Crippen LogP contribution is 2.45. The maximum Gasteiger partial charge on any atom is 0.343 e. The Balaban J connectivity index is 1.56. The fourth-order valence-corrected chi connectivity index (χ4v) is 5.30. The van der Waals surface area contributed by atoms with Gasteiger partial charge in [-0.05, 0) is 30.7 Å². The predicted octanol–water partition coefficient (Wildman–Crippen LogP) is 2.58. The first-order valence-corrected chi connectivity index (χ1v) is 11.5. The molecule has 180 valence electrons. The number of hydrogen-bond donors (Lipinski definition) is 2. The fourth-order valence-electron chi connectivity index (χ4n) is 5.30. The van der Waals surface area contributed by atoms with Gasteiger partial charge in [0.05, 0.1) is 40.9 Å². The Labute approximate surface area is 203 Å². The second kappa shape index (κ2) is 7.05. The summed E-state index contributed by atoms with van der Waals surface area (Å²) in [6, 6.07) is 8.54. The maximum absolute atomic E-state index is 13.6. The van der Waals surface area contributed by atoms with E-state index in [1.54, 1.807) is 35.8 Å². The van der Waals surface area contributed by atoms with E-state index in [0.717, 1.165) is 16.5 Å². The molecule has 1 aromatic carbocycles. The lowest BCUT2D eigenvalue weighted by atomic mass is 9.86. The third kappa shape index (κ3) is 2.64. The highest BCUT2D eigenvalue weighted by atomic mass is 16.7. The molecule has 10 heteroatoms. The number of carbonyl (C=O) groups is 1. The molecule has 0 aliphatic carbocycles. The SMILES string of the molecule is CC[C@@]1(O)C(=O)OCc2c1cc1n(c2=O)Cc2c-1nc1cc3c(cc1c2-c1ccc(O)cn1)OCO3. The fraction of sp³-hybridized carbons (Fsp3) is 0.231. The molecule has 1 atom stereocenters. The Morgan fingerprint density at radius 3 is 2.64 bits per heavy atom. The zero-order valence-corrected chi connectivity index (χ0v) is 19.1. The number of aromatic hydroxyl groups is 1. The van der Waals surface area contributed by atoms with Gasteiger partial charge >= 0.3 is 5.97 Å². The monoisotopic (exact) mass is 485 g/mol. The summed E-state index contributed by atoms with van der Waals surface area (Å²) in [6.45, 7) is 1.78. The van der Waals surface area contributed by atoms with Crippen molar-refractivity contribution in [2.75, 3.05) is 6.79 Å². The van der Waals surface area contributed by atoms with Crippen LogP contribution < -0.4 is 15.0 Å². The number of esters is 1. The number of nitrogens with zero attached hydrogens (tertiary/aromatic N) is 3. The van der Waals surface area contributed by atoms with Crippen LogP contribution in [-0.4, -0.2) is 37.5 Å². The van der Waals surface area contributed by atoms with E-state index in [-0.39, 0.29) is 48.8 Å². The third-order valence-corrected chi connectivity index (χ3v) is 7.19. The largest absolute Gasteiger partial charge is 0.506 e. The van der Waals surface area contributed by atoms with Gasteiger partial charge in [-0.3, -0.25) is 9.78 Å². The summed E-state index contributed by atoms with van der Waals surface area (Å²) < 4.78 is 17.9. The second-order valence-corrected chi connectivity index (χ2v) is 9.04. The van der Waals surface area contributed by atoms with Gasteiger partial charge in [-0.2, -0.15) is 0 Å². The highest BCUT2D eigenvalue weighted by Gasteiger charge is 2.45. The van der Waals surface area contributed by atoms with E-state index in [0.29, 0.717) is 34.1 Å². The van der Waals surface area contributed by atoms with Gasteiger partial charge < -0.3 is 29.0 Å². The molecule has 2 N–H and O–H groups in total. The number of pyridine rings is 3. The first kappa shape index (κ1) is 20.9. The molecule has 3 aromatic heterocycles. The number of fused-ring (bicyclic) bond motifs is 6. The van der Waals surface area contributed by atoms with Gasteiger partial charge in [0.15, 0.2) is 17.1 Å². The maximum atomic E-state index is 13.6. The molecule has 0 saturated carbocycles. The average Bonchev–Trinajstić information content (AvgIpc) is 3.49. The summed E-state index contributed by atoms with van der Waals surface area (Å²) in [6.07, 6.45) is 1.42.